The van der Waals surface area contributed by atoms with Crippen LogP contribution in [-0.4, -0.2) is 50.6 Å². The molecule has 0 bridgehead atoms. The van der Waals surface area contributed by atoms with E-state index >= 15 is 0 Å². The molecule has 1 aromatic rings. The van der Waals surface area contributed by atoms with E-state index in [2.05, 4.69) is 30.1 Å². The van der Waals surface area contributed by atoms with Crippen LogP contribution in [0.4, 0.5) is 11.4 Å². The van der Waals surface area contributed by atoms with E-state index in [0.29, 0.717) is 25.9 Å². The summed E-state index contributed by atoms with van der Waals surface area (Å²) in [6.45, 7) is 10.6. The standard InChI is InChI=1S/C19H31N3O3S/c1-5-21(6-2)17-8-9-18(15(4)14-17)20-19(23)16-10-12-22(13-11-16)26(24,25)7-3/h8-9,14,16H,5-7,10-13H2,1-4H3,(H,20,23). The van der Waals surface area contributed by atoms with Gasteiger partial charge >= 0.3 is 0 Å². The number of rotatable bonds is 7. The van der Waals surface area contributed by atoms with Crippen molar-refractivity contribution in [1.82, 2.24) is 4.31 Å². The molecule has 1 aliphatic rings. The number of carbonyl (C=O) groups excluding carboxylic acids is 1. The van der Waals surface area contributed by atoms with Crippen LogP contribution in [0.25, 0.3) is 0 Å². The van der Waals surface area contributed by atoms with Gasteiger partial charge in [-0.2, -0.15) is 0 Å². The van der Waals surface area contributed by atoms with E-state index in [1.54, 1.807) is 6.92 Å². The number of nitrogens with one attached hydrogen (secondary N) is 1. The molecule has 0 aromatic heterocycles. The SMILES string of the molecule is CCN(CC)c1ccc(NC(=O)C2CCN(S(=O)(=O)CC)CC2)c(C)c1. The number of hydrogen-bond acceptors (Lipinski definition) is 4. The van der Waals surface area contributed by atoms with Crippen molar-refractivity contribution in [3.8, 4) is 0 Å². The average Bonchev–Trinajstić information content (AvgIpc) is 2.65. The van der Waals surface area contributed by atoms with Crippen molar-refractivity contribution >= 4 is 27.3 Å². The Hall–Kier alpha value is -1.60. The number of carbonyl (C=O) groups is 1. The van der Waals surface area contributed by atoms with Crippen LogP contribution in [0.2, 0.25) is 0 Å². The molecule has 1 N–H and O–H groups in total. The van der Waals surface area contributed by atoms with E-state index in [4.69, 9.17) is 0 Å². The first-order chi connectivity index (χ1) is 12.3. The normalized spacial score (nSPS) is 16.5. The van der Waals surface area contributed by atoms with Crippen LogP contribution in [0.5, 0.6) is 0 Å². The third-order valence-corrected chi connectivity index (χ3v) is 7.06. The second kappa shape index (κ2) is 8.86. The van der Waals surface area contributed by atoms with Crippen molar-refractivity contribution in [1.29, 1.82) is 0 Å². The zero-order valence-corrected chi connectivity index (χ0v) is 17.1. The summed E-state index contributed by atoms with van der Waals surface area (Å²) in [6, 6.07) is 6.09. The second-order valence-electron chi connectivity index (χ2n) is 6.73. The molecule has 2 rings (SSSR count). The predicted octanol–water partition coefficient (Wildman–Crippen LogP) is 2.84. The fraction of sp³-hybridized carbons (Fsp3) is 0.632. The molecule has 0 saturated carbocycles. The van der Waals surface area contributed by atoms with Crippen molar-refractivity contribution in [2.24, 2.45) is 5.92 Å². The van der Waals surface area contributed by atoms with Gasteiger partial charge in [0.05, 0.1) is 5.75 Å². The van der Waals surface area contributed by atoms with Crippen molar-refractivity contribution in [2.75, 3.05) is 42.1 Å². The lowest BCUT2D eigenvalue weighted by Gasteiger charge is -2.30. The van der Waals surface area contributed by atoms with E-state index in [-0.39, 0.29) is 17.6 Å². The minimum absolute atomic E-state index is 0.0164. The van der Waals surface area contributed by atoms with E-state index in [9.17, 15) is 13.2 Å². The first kappa shape index (κ1) is 20.7. The molecule has 1 amide bonds. The minimum Gasteiger partial charge on any atom is -0.372 e. The molecule has 1 aliphatic heterocycles. The van der Waals surface area contributed by atoms with Gasteiger partial charge in [-0.1, -0.05) is 0 Å². The highest BCUT2D eigenvalue weighted by Gasteiger charge is 2.30. The van der Waals surface area contributed by atoms with Gasteiger partial charge in [-0.3, -0.25) is 4.79 Å². The molecule has 0 aliphatic carbocycles. The number of hydrogen-bond donors (Lipinski definition) is 1. The zero-order valence-electron chi connectivity index (χ0n) is 16.3. The quantitative estimate of drug-likeness (QED) is 0.788. The van der Waals surface area contributed by atoms with E-state index in [1.165, 1.54) is 4.31 Å². The molecule has 1 saturated heterocycles. The van der Waals surface area contributed by atoms with Crippen molar-refractivity contribution in [2.45, 2.75) is 40.5 Å². The third kappa shape index (κ3) is 4.76. The highest BCUT2D eigenvalue weighted by atomic mass is 32.2. The molecule has 146 valence electrons. The summed E-state index contributed by atoms with van der Waals surface area (Å²) in [5.41, 5.74) is 3.02. The summed E-state index contributed by atoms with van der Waals surface area (Å²) in [5.74, 6) is -0.0421. The first-order valence-electron chi connectivity index (χ1n) is 9.46. The van der Waals surface area contributed by atoms with Crippen LogP contribution in [0, 0.1) is 12.8 Å². The Labute approximate surface area is 157 Å². The van der Waals surface area contributed by atoms with Crippen LogP contribution in [0.1, 0.15) is 39.2 Å². The highest BCUT2D eigenvalue weighted by molar-refractivity contribution is 7.89. The lowest BCUT2D eigenvalue weighted by atomic mass is 9.97. The van der Waals surface area contributed by atoms with Crippen LogP contribution in [-0.2, 0) is 14.8 Å². The minimum atomic E-state index is -3.16. The zero-order chi connectivity index (χ0) is 19.3. The van der Waals surface area contributed by atoms with Gasteiger partial charge in [0.25, 0.3) is 0 Å². The molecular formula is C19H31N3O3S. The van der Waals surface area contributed by atoms with E-state index in [0.717, 1.165) is 30.0 Å². The van der Waals surface area contributed by atoms with Gasteiger partial charge in [-0.15, -0.1) is 0 Å². The second-order valence-corrected chi connectivity index (χ2v) is 8.99. The number of amides is 1. The maximum atomic E-state index is 12.6. The molecular weight excluding hydrogens is 350 g/mol. The van der Waals surface area contributed by atoms with E-state index < -0.39 is 10.0 Å². The molecule has 7 heteroatoms. The molecule has 0 spiro atoms. The maximum Gasteiger partial charge on any atom is 0.227 e. The summed E-state index contributed by atoms with van der Waals surface area (Å²) in [4.78, 5) is 14.9. The smallest absolute Gasteiger partial charge is 0.227 e. The lowest BCUT2D eigenvalue weighted by Crippen LogP contribution is -2.42. The van der Waals surface area contributed by atoms with Gasteiger partial charge in [0.1, 0.15) is 0 Å². The fourth-order valence-corrected chi connectivity index (χ4v) is 4.52. The van der Waals surface area contributed by atoms with Gasteiger partial charge in [0, 0.05) is 43.5 Å². The number of benzene rings is 1. The van der Waals surface area contributed by atoms with Crippen LogP contribution in [0.3, 0.4) is 0 Å². The fourth-order valence-electron chi connectivity index (χ4n) is 3.39. The monoisotopic (exact) mass is 381 g/mol. The van der Waals surface area contributed by atoms with Gasteiger partial charge in [-0.25, -0.2) is 12.7 Å². The topological polar surface area (TPSA) is 69.7 Å². The Morgan fingerprint density at radius 1 is 1.19 bits per heavy atom. The predicted molar refractivity (Wildman–Crippen MR) is 107 cm³/mol. The van der Waals surface area contributed by atoms with Gasteiger partial charge in [0.2, 0.25) is 15.9 Å². The first-order valence-corrected chi connectivity index (χ1v) is 11.1. The Morgan fingerprint density at radius 3 is 2.31 bits per heavy atom. The number of piperidine rings is 1. The lowest BCUT2D eigenvalue weighted by molar-refractivity contribution is -0.120. The Balaban J connectivity index is 1.98. The van der Waals surface area contributed by atoms with Crippen LogP contribution in [0.15, 0.2) is 18.2 Å². The number of sulfonamides is 1. The number of anilines is 2. The molecule has 1 aromatic carbocycles. The molecule has 0 unspecified atom stereocenters. The van der Waals surface area contributed by atoms with Gasteiger partial charge in [0.15, 0.2) is 0 Å². The summed E-state index contributed by atoms with van der Waals surface area (Å²) in [7, 11) is -3.16. The molecule has 1 heterocycles. The number of aryl methyl sites for hydroxylation is 1. The largest absolute Gasteiger partial charge is 0.372 e. The molecule has 6 nitrogen and oxygen atoms in total. The van der Waals surface area contributed by atoms with Crippen molar-refractivity contribution in [3.63, 3.8) is 0 Å². The van der Waals surface area contributed by atoms with E-state index in [1.807, 2.05) is 19.1 Å². The van der Waals surface area contributed by atoms with Crippen molar-refractivity contribution < 1.29 is 13.2 Å². The number of nitrogens with zero attached hydrogens (tertiary/aromatic N) is 2. The maximum absolute atomic E-state index is 12.6. The van der Waals surface area contributed by atoms with Crippen LogP contribution < -0.4 is 10.2 Å². The third-order valence-electron chi connectivity index (χ3n) is 5.18. The Kier molecular flexibility index (Phi) is 7.06. The summed E-state index contributed by atoms with van der Waals surface area (Å²) < 4.78 is 25.3. The van der Waals surface area contributed by atoms with Crippen molar-refractivity contribution in [3.05, 3.63) is 23.8 Å². The molecule has 0 atom stereocenters. The summed E-state index contributed by atoms with van der Waals surface area (Å²) in [6.07, 6.45) is 1.14. The molecule has 0 radical (unpaired) electrons. The van der Waals surface area contributed by atoms with Gasteiger partial charge in [-0.05, 0) is 64.3 Å². The van der Waals surface area contributed by atoms with Crippen LogP contribution >= 0.6 is 0 Å². The molecule has 1 fully saturated rings. The molecule has 26 heavy (non-hydrogen) atoms. The highest BCUT2D eigenvalue weighted by Crippen LogP contribution is 2.25. The van der Waals surface area contributed by atoms with Gasteiger partial charge < -0.3 is 10.2 Å². The summed E-state index contributed by atoms with van der Waals surface area (Å²) in [5, 5.41) is 3.02. The Bertz CT molecular complexity index is 722. The average molecular weight is 382 g/mol. The summed E-state index contributed by atoms with van der Waals surface area (Å²) >= 11 is 0. The Morgan fingerprint density at radius 2 is 1.81 bits per heavy atom.